The van der Waals surface area contributed by atoms with E-state index in [-0.39, 0.29) is 11.7 Å². The van der Waals surface area contributed by atoms with Gasteiger partial charge in [0.2, 0.25) is 0 Å². The smallest absolute Gasteiger partial charge is 0.255 e. The normalized spacial score (nSPS) is 21.3. The first kappa shape index (κ1) is 17.0. The lowest BCUT2D eigenvalue weighted by molar-refractivity contribution is 0.138. The molecule has 2 N–H and O–H groups in total. The Morgan fingerprint density at radius 3 is 2.71 bits per heavy atom. The summed E-state index contributed by atoms with van der Waals surface area (Å²) in [7, 11) is 0. The molecule has 2 aromatic rings. The zero-order chi connectivity index (χ0) is 17.1. The number of rotatable bonds is 5. The number of ether oxygens (including phenoxy) is 1. The van der Waals surface area contributed by atoms with E-state index in [1.165, 1.54) is 12.8 Å². The number of nitrogens with one attached hydrogen (secondary N) is 2. The maximum absolute atomic E-state index is 11.9. The summed E-state index contributed by atoms with van der Waals surface area (Å²) in [5, 5.41) is 5.32. The molecule has 1 heterocycles. The van der Waals surface area contributed by atoms with Gasteiger partial charge in [0.05, 0.1) is 6.10 Å². The predicted molar refractivity (Wildman–Crippen MR) is 98.8 cm³/mol. The topological polar surface area (TPSA) is 54.1 Å². The number of hydrogen-bond acceptors (Lipinski definition) is 3. The molecule has 0 amide bonds. The van der Waals surface area contributed by atoms with Crippen molar-refractivity contribution in [2.75, 3.05) is 6.54 Å². The van der Waals surface area contributed by atoms with E-state index in [0.29, 0.717) is 12.0 Å². The number of aromatic nitrogens is 1. The lowest BCUT2D eigenvalue weighted by Crippen LogP contribution is -2.38. The van der Waals surface area contributed by atoms with Gasteiger partial charge in [-0.15, -0.1) is 0 Å². The lowest BCUT2D eigenvalue weighted by Gasteiger charge is -2.30. The van der Waals surface area contributed by atoms with Crippen LogP contribution in [-0.4, -0.2) is 23.7 Å². The summed E-state index contributed by atoms with van der Waals surface area (Å²) in [4.78, 5) is 14.6. The molecule has 4 heteroatoms. The van der Waals surface area contributed by atoms with Crippen molar-refractivity contribution in [2.45, 2.75) is 58.6 Å². The van der Waals surface area contributed by atoms with Crippen molar-refractivity contribution in [3.8, 4) is 5.75 Å². The van der Waals surface area contributed by atoms with Gasteiger partial charge in [0, 0.05) is 17.6 Å². The van der Waals surface area contributed by atoms with E-state index in [1.54, 1.807) is 6.20 Å². The monoisotopic (exact) mass is 328 g/mol. The molecule has 0 saturated heterocycles. The van der Waals surface area contributed by atoms with Crippen LogP contribution < -0.4 is 15.6 Å². The summed E-state index contributed by atoms with van der Waals surface area (Å²) < 4.78 is 6.27. The van der Waals surface area contributed by atoms with Crippen molar-refractivity contribution in [3.63, 3.8) is 0 Å². The van der Waals surface area contributed by atoms with Gasteiger partial charge in [-0.25, -0.2) is 0 Å². The first-order valence-electron chi connectivity index (χ1n) is 9.05. The second-order valence-electron chi connectivity index (χ2n) is 7.41. The highest BCUT2D eigenvalue weighted by atomic mass is 16.5. The Hall–Kier alpha value is -1.81. The molecule has 1 saturated carbocycles. The molecular formula is C20H28N2O2. The zero-order valence-electron chi connectivity index (χ0n) is 14.9. The van der Waals surface area contributed by atoms with Gasteiger partial charge >= 0.3 is 0 Å². The van der Waals surface area contributed by atoms with E-state index < -0.39 is 0 Å². The van der Waals surface area contributed by atoms with E-state index in [4.69, 9.17) is 4.74 Å². The molecule has 1 aromatic carbocycles. The third-order valence-electron chi connectivity index (χ3n) is 4.85. The Bertz CT molecular complexity index is 743. The Morgan fingerprint density at radius 2 is 2.00 bits per heavy atom. The maximum atomic E-state index is 11.9. The molecule has 1 fully saturated rings. The van der Waals surface area contributed by atoms with Crippen LogP contribution in [0.25, 0.3) is 10.8 Å². The van der Waals surface area contributed by atoms with Gasteiger partial charge in [-0.1, -0.05) is 13.8 Å². The number of fused-ring (bicyclic) bond motifs is 1. The van der Waals surface area contributed by atoms with Crippen molar-refractivity contribution in [1.82, 2.24) is 10.3 Å². The molecule has 4 nitrogen and oxygen atoms in total. The number of hydrogen-bond donors (Lipinski definition) is 2. The van der Waals surface area contributed by atoms with Crippen LogP contribution in [0.3, 0.4) is 0 Å². The molecule has 0 spiro atoms. The fraction of sp³-hybridized carbons (Fsp3) is 0.550. The van der Waals surface area contributed by atoms with Gasteiger partial charge in [-0.2, -0.15) is 0 Å². The molecule has 1 aromatic heterocycles. The Morgan fingerprint density at radius 1 is 1.25 bits per heavy atom. The highest BCUT2D eigenvalue weighted by Crippen LogP contribution is 2.28. The van der Waals surface area contributed by atoms with Crippen LogP contribution in [0.4, 0.5) is 0 Å². The predicted octanol–water partition coefficient (Wildman–Crippen LogP) is 3.77. The number of pyridine rings is 1. The van der Waals surface area contributed by atoms with Crippen molar-refractivity contribution < 1.29 is 4.74 Å². The van der Waals surface area contributed by atoms with E-state index in [1.807, 2.05) is 25.1 Å². The number of aryl methyl sites for hydroxylation is 1. The van der Waals surface area contributed by atoms with Crippen LogP contribution >= 0.6 is 0 Å². The standard InChI is InChI=1S/C20H28N2O2/c1-13(2)12-22-16-4-6-17(7-5-16)24-19-11-15-8-9-21-20(23)18(15)10-14(19)3/h8-11,13,16-17,22H,4-7,12H2,1-3H3,(H,21,23). The molecular weight excluding hydrogens is 300 g/mol. The highest BCUT2D eigenvalue weighted by Gasteiger charge is 2.22. The average Bonchev–Trinajstić information content (AvgIpc) is 2.56. The van der Waals surface area contributed by atoms with Gasteiger partial charge in [0.15, 0.2) is 0 Å². The van der Waals surface area contributed by atoms with Gasteiger partial charge in [0.1, 0.15) is 5.75 Å². The van der Waals surface area contributed by atoms with Crippen LogP contribution in [0, 0.1) is 12.8 Å². The van der Waals surface area contributed by atoms with Gasteiger partial charge in [-0.3, -0.25) is 4.79 Å². The molecule has 0 atom stereocenters. The Labute approximate surface area is 143 Å². The average molecular weight is 328 g/mol. The summed E-state index contributed by atoms with van der Waals surface area (Å²) in [5.74, 6) is 1.61. The third kappa shape index (κ3) is 3.99. The first-order valence-corrected chi connectivity index (χ1v) is 9.05. The Kier molecular flexibility index (Phi) is 5.24. The minimum atomic E-state index is -0.0427. The molecule has 130 valence electrons. The van der Waals surface area contributed by atoms with Crippen molar-refractivity contribution >= 4 is 10.8 Å². The van der Waals surface area contributed by atoms with Crippen molar-refractivity contribution in [2.24, 2.45) is 5.92 Å². The second kappa shape index (κ2) is 7.39. The largest absolute Gasteiger partial charge is 0.490 e. The quantitative estimate of drug-likeness (QED) is 0.878. The summed E-state index contributed by atoms with van der Waals surface area (Å²) in [6, 6.07) is 6.49. The molecule has 24 heavy (non-hydrogen) atoms. The van der Waals surface area contributed by atoms with Crippen LogP contribution in [-0.2, 0) is 0 Å². The van der Waals surface area contributed by atoms with E-state index >= 15 is 0 Å². The van der Waals surface area contributed by atoms with Crippen LogP contribution in [0.2, 0.25) is 0 Å². The molecule has 1 aliphatic carbocycles. The van der Waals surface area contributed by atoms with E-state index in [9.17, 15) is 4.79 Å². The van der Waals surface area contributed by atoms with Crippen molar-refractivity contribution in [1.29, 1.82) is 0 Å². The fourth-order valence-corrected chi connectivity index (χ4v) is 3.42. The van der Waals surface area contributed by atoms with Gasteiger partial charge in [0.25, 0.3) is 5.56 Å². The van der Waals surface area contributed by atoms with E-state index in [2.05, 4.69) is 24.1 Å². The molecule has 0 bridgehead atoms. The number of aromatic amines is 1. The van der Waals surface area contributed by atoms with Crippen LogP contribution in [0.15, 0.2) is 29.2 Å². The summed E-state index contributed by atoms with van der Waals surface area (Å²) in [5.41, 5.74) is 0.984. The highest BCUT2D eigenvalue weighted by molar-refractivity contribution is 5.83. The van der Waals surface area contributed by atoms with Gasteiger partial charge in [-0.05, 0) is 74.2 Å². The van der Waals surface area contributed by atoms with Crippen LogP contribution in [0.1, 0.15) is 45.1 Å². The maximum Gasteiger partial charge on any atom is 0.255 e. The zero-order valence-corrected chi connectivity index (χ0v) is 14.9. The Balaban J connectivity index is 1.64. The molecule has 1 aliphatic rings. The molecule has 0 unspecified atom stereocenters. The minimum Gasteiger partial charge on any atom is -0.490 e. The first-order chi connectivity index (χ1) is 11.5. The molecule has 0 radical (unpaired) electrons. The molecule has 3 rings (SSSR count). The van der Waals surface area contributed by atoms with Gasteiger partial charge < -0.3 is 15.0 Å². The van der Waals surface area contributed by atoms with E-state index in [0.717, 1.165) is 41.5 Å². The van der Waals surface area contributed by atoms with Crippen molar-refractivity contribution in [3.05, 3.63) is 40.3 Å². The SMILES string of the molecule is Cc1cc2c(=O)[nH]ccc2cc1OC1CCC(NCC(C)C)CC1. The van der Waals surface area contributed by atoms with Crippen LogP contribution in [0.5, 0.6) is 5.75 Å². The third-order valence-corrected chi connectivity index (χ3v) is 4.85. The molecule has 0 aliphatic heterocycles. The minimum absolute atomic E-state index is 0.0427. The second-order valence-corrected chi connectivity index (χ2v) is 7.41. The lowest BCUT2D eigenvalue weighted by atomic mass is 9.92. The summed E-state index contributed by atoms with van der Waals surface area (Å²) >= 11 is 0. The summed E-state index contributed by atoms with van der Waals surface area (Å²) in [6.45, 7) is 7.59. The summed E-state index contributed by atoms with van der Waals surface area (Å²) in [6.07, 6.45) is 6.48. The fourth-order valence-electron chi connectivity index (χ4n) is 3.42. The number of benzene rings is 1. The number of H-pyrrole nitrogens is 1.